The summed E-state index contributed by atoms with van der Waals surface area (Å²) in [5.74, 6) is 0.595. The highest BCUT2D eigenvalue weighted by molar-refractivity contribution is 5.88. The average Bonchev–Trinajstić information content (AvgIpc) is 3.18. The predicted molar refractivity (Wildman–Crippen MR) is 116 cm³/mol. The van der Waals surface area contributed by atoms with Crippen LogP contribution in [0.15, 0.2) is 54.6 Å². The summed E-state index contributed by atoms with van der Waals surface area (Å²) in [4.78, 5) is 15.8. The van der Waals surface area contributed by atoms with Crippen molar-refractivity contribution in [1.29, 1.82) is 0 Å². The van der Waals surface area contributed by atoms with Crippen molar-refractivity contribution >= 4 is 5.91 Å². The summed E-state index contributed by atoms with van der Waals surface area (Å²) >= 11 is 0. The number of ether oxygens (including phenoxy) is 1. The Morgan fingerprint density at radius 3 is 2.45 bits per heavy atom. The Morgan fingerprint density at radius 1 is 1.10 bits per heavy atom. The molecule has 4 heteroatoms. The molecule has 2 aliphatic rings. The molecule has 1 saturated heterocycles. The van der Waals surface area contributed by atoms with E-state index in [9.17, 15) is 4.79 Å². The molecule has 0 aromatic heterocycles. The number of likely N-dealkylation sites (N-methyl/N-ethyl adjacent to an activating group) is 1. The van der Waals surface area contributed by atoms with Crippen molar-refractivity contribution < 1.29 is 9.53 Å². The van der Waals surface area contributed by atoms with Crippen LogP contribution >= 0.6 is 0 Å². The summed E-state index contributed by atoms with van der Waals surface area (Å²) in [6.07, 6.45) is 4.73. The van der Waals surface area contributed by atoms with Gasteiger partial charge in [0.25, 0.3) is 0 Å². The maximum atomic E-state index is 13.5. The molecule has 1 aliphatic heterocycles. The largest absolute Gasteiger partial charge is 0.381 e. The summed E-state index contributed by atoms with van der Waals surface area (Å²) in [6.45, 7) is 3.19. The fourth-order valence-electron chi connectivity index (χ4n) is 4.72. The first-order chi connectivity index (χ1) is 14.2. The molecule has 0 radical (unpaired) electrons. The fraction of sp³-hybridized carbons (Fsp3) is 0.480. The highest BCUT2D eigenvalue weighted by atomic mass is 16.5. The number of hydrogen-bond acceptors (Lipinski definition) is 3. The molecule has 1 heterocycles. The quantitative estimate of drug-likeness (QED) is 0.787. The SMILES string of the molecule is CN(CCc1ccccc1)C1(C(=O)NCC2CCCOC2)Cc2ccccc2C1. The van der Waals surface area contributed by atoms with E-state index in [1.54, 1.807) is 0 Å². The summed E-state index contributed by atoms with van der Waals surface area (Å²) in [6, 6.07) is 19.0. The molecule has 0 spiro atoms. The first kappa shape index (κ1) is 20.1. The lowest BCUT2D eigenvalue weighted by Crippen LogP contribution is -2.59. The predicted octanol–water partition coefficient (Wildman–Crippen LogP) is 3.24. The van der Waals surface area contributed by atoms with Gasteiger partial charge in [-0.3, -0.25) is 9.69 Å². The van der Waals surface area contributed by atoms with Gasteiger partial charge in [-0.05, 0) is 48.9 Å². The van der Waals surface area contributed by atoms with Crippen LogP contribution in [0.5, 0.6) is 0 Å². The highest BCUT2D eigenvalue weighted by Gasteiger charge is 2.46. The van der Waals surface area contributed by atoms with Crippen LogP contribution < -0.4 is 5.32 Å². The van der Waals surface area contributed by atoms with E-state index in [1.807, 2.05) is 6.07 Å². The summed E-state index contributed by atoms with van der Waals surface area (Å²) in [5.41, 5.74) is 3.41. The second kappa shape index (κ2) is 9.10. The average molecular weight is 393 g/mol. The first-order valence-electron chi connectivity index (χ1n) is 10.9. The van der Waals surface area contributed by atoms with Gasteiger partial charge in [0.15, 0.2) is 0 Å². The van der Waals surface area contributed by atoms with Crippen LogP contribution in [0.25, 0.3) is 0 Å². The van der Waals surface area contributed by atoms with Crippen LogP contribution in [-0.2, 0) is 28.8 Å². The van der Waals surface area contributed by atoms with Gasteiger partial charge in [-0.1, -0.05) is 54.6 Å². The van der Waals surface area contributed by atoms with Gasteiger partial charge in [0.2, 0.25) is 5.91 Å². The van der Waals surface area contributed by atoms with Gasteiger partial charge >= 0.3 is 0 Å². The molecule has 2 aromatic carbocycles. The number of carbonyl (C=O) groups is 1. The van der Waals surface area contributed by atoms with Gasteiger partial charge in [0.1, 0.15) is 5.54 Å². The van der Waals surface area contributed by atoms with Crippen LogP contribution in [0.3, 0.4) is 0 Å². The third-order valence-corrected chi connectivity index (χ3v) is 6.62. The van der Waals surface area contributed by atoms with Gasteiger partial charge in [0.05, 0.1) is 6.61 Å². The van der Waals surface area contributed by atoms with E-state index >= 15 is 0 Å². The Bertz CT molecular complexity index is 790. The number of amides is 1. The molecule has 1 amide bonds. The van der Waals surface area contributed by atoms with E-state index in [0.29, 0.717) is 12.5 Å². The van der Waals surface area contributed by atoms with Gasteiger partial charge in [0, 0.05) is 32.5 Å². The van der Waals surface area contributed by atoms with Crippen molar-refractivity contribution in [1.82, 2.24) is 10.2 Å². The molecule has 4 rings (SSSR count). The summed E-state index contributed by atoms with van der Waals surface area (Å²) in [5, 5.41) is 3.29. The topological polar surface area (TPSA) is 41.6 Å². The van der Waals surface area contributed by atoms with Crippen molar-refractivity contribution in [3.63, 3.8) is 0 Å². The van der Waals surface area contributed by atoms with Crippen LogP contribution in [0.1, 0.15) is 29.5 Å². The minimum Gasteiger partial charge on any atom is -0.381 e. The van der Waals surface area contributed by atoms with E-state index < -0.39 is 5.54 Å². The van der Waals surface area contributed by atoms with E-state index in [2.05, 4.69) is 65.8 Å². The Hall–Kier alpha value is -2.17. The second-order valence-electron chi connectivity index (χ2n) is 8.60. The zero-order valence-corrected chi connectivity index (χ0v) is 17.4. The van der Waals surface area contributed by atoms with Crippen molar-refractivity contribution in [2.24, 2.45) is 5.92 Å². The maximum absolute atomic E-state index is 13.5. The molecule has 29 heavy (non-hydrogen) atoms. The molecule has 1 atom stereocenters. The lowest BCUT2D eigenvalue weighted by molar-refractivity contribution is -0.132. The number of benzene rings is 2. The number of nitrogens with zero attached hydrogens (tertiary/aromatic N) is 1. The Balaban J connectivity index is 1.47. The minimum absolute atomic E-state index is 0.162. The van der Waals surface area contributed by atoms with Crippen molar-refractivity contribution in [3.8, 4) is 0 Å². The third-order valence-electron chi connectivity index (χ3n) is 6.62. The monoisotopic (exact) mass is 392 g/mol. The fourth-order valence-corrected chi connectivity index (χ4v) is 4.72. The van der Waals surface area contributed by atoms with E-state index in [-0.39, 0.29) is 5.91 Å². The van der Waals surface area contributed by atoms with Gasteiger partial charge in [-0.15, -0.1) is 0 Å². The molecule has 2 aromatic rings. The Morgan fingerprint density at radius 2 is 1.79 bits per heavy atom. The molecule has 4 nitrogen and oxygen atoms in total. The Kier molecular flexibility index (Phi) is 6.31. The van der Waals surface area contributed by atoms with Crippen molar-refractivity contribution in [3.05, 3.63) is 71.3 Å². The molecule has 1 N–H and O–H groups in total. The van der Waals surface area contributed by atoms with Gasteiger partial charge < -0.3 is 10.1 Å². The number of rotatable bonds is 7. The minimum atomic E-state index is -0.506. The van der Waals surface area contributed by atoms with Crippen LogP contribution in [-0.4, -0.2) is 49.7 Å². The lowest BCUT2D eigenvalue weighted by Gasteiger charge is -2.38. The molecule has 0 bridgehead atoms. The standard InChI is InChI=1S/C25H32N2O2/c1-27(14-13-20-8-3-2-4-9-20)25(16-22-11-5-6-12-23(22)17-25)24(28)26-18-21-10-7-15-29-19-21/h2-6,8-9,11-12,21H,7,10,13-19H2,1H3,(H,26,28). The van der Waals surface area contributed by atoms with Crippen LogP contribution in [0, 0.1) is 5.92 Å². The number of nitrogens with one attached hydrogen (secondary N) is 1. The van der Waals surface area contributed by atoms with Gasteiger partial charge in [-0.2, -0.15) is 0 Å². The maximum Gasteiger partial charge on any atom is 0.241 e. The molecule has 0 saturated carbocycles. The lowest BCUT2D eigenvalue weighted by atomic mass is 9.91. The van der Waals surface area contributed by atoms with E-state index in [1.165, 1.54) is 16.7 Å². The molecule has 1 unspecified atom stereocenters. The smallest absolute Gasteiger partial charge is 0.241 e. The van der Waals surface area contributed by atoms with Crippen molar-refractivity contribution in [2.45, 2.75) is 37.6 Å². The Labute approximate surface area is 174 Å². The van der Waals surface area contributed by atoms with Crippen LogP contribution in [0.4, 0.5) is 0 Å². The zero-order valence-electron chi connectivity index (χ0n) is 17.4. The number of hydrogen-bond donors (Lipinski definition) is 1. The molecular weight excluding hydrogens is 360 g/mol. The first-order valence-corrected chi connectivity index (χ1v) is 10.9. The highest BCUT2D eigenvalue weighted by Crippen LogP contribution is 2.34. The summed E-state index contributed by atoms with van der Waals surface area (Å²) in [7, 11) is 2.11. The second-order valence-corrected chi connectivity index (χ2v) is 8.60. The number of carbonyl (C=O) groups excluding carboxylic acids is 1. The molecule has 1 aliphatic carbocycles. The van der Waals surface area contributed by atoms with Crippen molar-refractivity contribution in [2.75, 3.05) is 33.4 Å². The van der Waals surface area contributed by atoms with E-state index in [4.69, 9.17) is 4.74 Å². The zero-order chi connectivity index (χ0) is 20.1. The molecule has 1 fully saturated rings. The normalized spacial score (nSPS) is 20.4. The third kappa shape index (κ3) is 4.54. The van der Waals surface area contributed by atoms with Gasteiger partial charge in [-0.25, -0.2) is 0 Å². The summed E-state index contributed by atoms with van der Waals surface area (Å²) < 4.78 is 5.59. The number of fused-ring (bicyclic) bond motifs is 1. The molecular formula is C25H32N2O2. The van der Waals surface area contributed by atoms with Crippen LogP contribution in [0.2, 0.25) is 0 Å². The van der Waals surface area contributed by atoms with E-state index in [0.717, 1.165) is 51.9 Å². The molecule has 154 valence electrons.